The van der Waals surface area contributed by atoms with E-state index < -0.39 is 18.5 Å². The van der Waals surface area contributed by atoms with Crippen molar-refractivity contribution in [3.8, 4) is 22.6 Å². The van der Waals surface area contributed by atoms with Crippen LogP contribution in [0.3, 0.4) is 0 Å². The number of ether oxygens (including phenoxy) is 1. The highest BCUT2D eigenvalue weighted by molar-refractivity contribution is 6.36. The molecular weight excluding hydrogens is 449 g/mol. The molecule has 0 aliphatic heterocycles. The lowest BCUT2D eigenvalue weighted by molar-refractivity contribution is -0.139. The molecule has 0 unspecified atom stereocenters. The van der Waals surface area contributed by atoms with Crippen LogP contribution in [0.1, 0.15) is 23.6 Å². The number of carboxylic acid groups (broad SMARTS) is 1. The van der Waals surface area contributed by atoms with Gasteiger partial charge < -0.3 is 14.9 Å². The summed E-state index contributed by atoms with van der Waals surface area (Å²) in [6.07, 6.45) is 0.299. The molecule has 0 amide bonds. The van der Waals surface area contributed by atoms with E-state index in [1.807, 2.05) is 0 Å². The Labute approximate surface area is 187 Å². The molecule has 0 radical (unpaired) electrons. The SMILES string of the molecule is CC(F)(F)c1cccc(-c2cc(Cc3c(Cl)cc(OCC(=O)O)cc3Cl)ccc2O)c1. The summed E-state index contributed by atoms with van der Waals surface area (Å²) in [5, 5.41) is 19.6. The number of aromatic hydroxyl groups is 1. The third kappa shape index (κ3) is 5.66. The van der Waals surface area contributed by atoms with Crippen molar-refractivity contribution in [2.75, 3.05) is 6.61 Å². The van der Waals surface area contributed by atoms with Crippen molar-refractivity contribution < 1.29 is 28.5 Å². The van der Waals surface area contributed by atoms with Gasteiger partial charge in [-0.1, -0.05) is 47.5 Å². The van der Waals surface area contributed by atoms with Crippen molar-refractivity contribution >= 4 is 29.2 Å². The molecule has 0 bridgehead atoms. The van der Waals surface area contributed by atoms with Crippen LogP contribution in [0.15, 0.2) is 54.6 Å². The first kappa shape index (κ1) is 22.8. The van der Waals surface area contributed by atoms with Crippen molar-refractivity contribution in [3.63, 3.8) is 0 Å². The summed E-state index contributed by atoms with van der Waals surface area (Å²) >= 11 is 12.6. The summed E-state index contributed by atoms with van der Waals surface area (Å²) in [6.45, 7) is 0.291. The molecule has 4 nitrogen and oxygen atoms in total. The second kappa shape index (κ2) is 9.12. The van der Waals surface area contributed by atoms with Crippen LogP contribution in [0.4, 0.5) is 8.78 Å². The Morgan fingerprint density at radius 3 is 2.35 bits per heavy atom. The highest BCUT2D eigenvalue weighted by Crippen LogP contribution is 2.36. The van der Waals surface area contributed by atoms with Crippen molar-refractivity contribution in [3.05, 3.63) is 81.3 Å². The van der Waals surface area contributed by atoms with E-state index in [0.29, 0.717) is 23.1 Å². The molecule has 0 saturated heterocycles. The molecule has 8 heteroatoms. The second-order valence-electron chi connectivity index (χ2n) is 7.05. The molecule has 0 spiro atoms. The number of carbonyl (C=O) groups is 1. The molecule has 0 aliphatic carbocycles. The predicted octanol–water partition coefficient (Wildman–Crippen LogP) is 6.53. The fourth-order valence-corrected chi connectivity index (χ4v) is 3.67. The quantitative estimate of drug-likeness (QED) is 0.415. The molecule has 0 atom stereocenters. The van der Waals surface area contributed by atoms with Crippen LogP contribution in [-0.4, -0.2) is 22.8 Å². The first-order valence-corrected chi connectivity index (χ1v) is 9.93. The first-order valence-electron chi connectivity index (χ1n) is 9.17. The van der Waals surface area contributed by atoms with Gasteiger partial charge in [-0.05, 0) is 47.0 Å². The first-order chi connectivity index (χ1) is 14.5. The Bertz CT molecular complexity index is 1100. The Kier molecular flexibility index (Phi) is 6.72. The van der Waals surface area contributed by atoms with E-state index in [9.17, 15) is 18.7 Å². The van der Waals surface area contributed by atoms with Crippen LogP contribution >= 0.6 is 23.2 Å². The van der Waals surface area contributed by atoms with E-state index >= 15 is 0 Å². The standard InChI is InChI=1S/C23H18Cl2F2O4/c1-23(26,27)15-4-2-3-14(9-15)17-7-13(5-6-21(17)28)8-18-19(24)10-16(11-20(18)25)31-12-22(29)30/h2-7,9-11,28H,8,12H2,1H3,(H,29,30). The second-order valence-corrected chi connectivity index (χ2v) is 7.86. The molecule has 0 saturated carbocycles. The maximum atomic E-state index is 13.7. The van der Waals surface area contributed by atoms with E-state index in [0.717, 1.165) is 12.5 Å². The molecule has 3 aromatic carbocycles. The number of benzene rings is 3. The smallest absolute Gasteiger partial charge is 0.341 e. The van der Waals surface area contributed by atoms with Crippen molar-refractivity contribution in [1.29, 1.82) is 0 Å². The van der Waals surface area contributed by atoms with E-state index in [2.05, 4.69) is 0 Å². The van der Waals surface area contributed by atoms with Gasteiger partial charge in [-0.25, -0.2) is 13.6 Å². The molecule has 0 aliphatic rings. The van der Waals surface area contributed by atoms with Gasteiger partial charge in [0.05, 0.1) is 0 Å². The van der Waals surface area contributed by atoms with Crippen molar-refractivity contribution in [2.24, 2.45) is 0 Å². The minimum absolute atomic E-state index is 0.0464. The fourth-order valence-electron chi connectivity index (χ4n) is 3.07. The molecule has 31 heavy (non-hydrogen) atoms. The van der Waals surface area contributed by atoms with Crippen LogP contribution in [0.5, 0.6) is 11.5 Å². The van der Waals surface area contributed by atoms with Crippen LogP contribution < -0.4 is 4.74 Å². The largest absolute Gasteiger partial charge is 0.507 e. The monoisotopic (exact) mass is 466 g/mol. The van der Waals surface area contributed by atoms with Gasteiger partial charge in [-0.2, -0.15) is 0 Å². The van der Waals surface area contributed by atoms with Crippen LogP contribution in [0.2, 0.25) is 10.0 Å². The van der Waals surface area contributed by atoms with Crippen LogP contribution in [0, 0.1) is 0 Å². The number of phenolic OH excluding ortho intramolecular Hbond substituents is 1. The summed E-state index contributed by atoms with van der Waals surface area (Å²) in [5.74, 6) is -3.95. The molecule has 3 aromatic rings. The minimum atomic E-state index is -3.01. The van der Waals surface area contributed by atoms with E-state index in [4.69, 9.17) is 33.0 Å². The van der Waals surface area contributed by atoms with Gasteiger partial charge in [0, 0.05) is 34.5 Å². The summed E-state index contributed by atoms with van der Waals surface area (Å²) < 4.78 is 32.5. The van der Waals surface area contributed by atoms with E-state index in [1.165, 1.54) is 36.4 Å². The molecule has 0 aromatic heterocycles. The lowest BCUT2D eigenvalue weighted by Crippen LogP contribution is -2.09. The average molecular weight is 467 g/mol. The number of aliphatic carboxylic acids is 1. The zero-order chi connectivity index (χ0) is 22.8. The lowest BCUT2D eigenvalue weighted by Gasteiger charge is -2.14. The zero-order valence-corrected chi connectivity index (χ0v) is 17.8. The van der Waals surface area contributed by atoms with Gasteiger partial charge >= 0.3 is 5.97 Å². The van der Waals surface area contributed by atoms with Crippen LogP contribution in [-0.2, 0) is 17.1 Å². The highest BCUT2D eigenvalue weighted by atomic mass is 35.5. The Balaban J connectivity index is 1.92. The molecule has 3 rings (SSSR count). The molecule has 162 valence electrons. The number of phenols is 1. The van der Waals surface area contributed by atoms with Gasteiger partial charge in [-0.15, -0.1) is 0 Å². The van der Waals surface area contributed by atoms with Crippen molar-refractivity contribution in [1.82, 2.24) is 0 Å². The van der Waals surface area contributed by atoms with Gasteiger partial charge in [-0.3, -0.25) is 0 Å². The molecule has 0 fully saturated rings. The molecule has 2 N–H and O–H groups in total. The number of carboxylic acids is 1. The number of hydrogen-bond donors (Lipinski definition) is 2. The Hall–Kier alpha value is -2.83. The topological polar surface area (TPSA) is 66.8 Å². The van der Waals surface area contributed by atoms with Gasteiger partial charge in [0.1, 0.15) is 11.5 Å². The summed E-state index contributed by atoms with van der Waals surface area (Å²) in [4.78, 5) is 10.6. The molecule has 0 heterocycles. The number of hydrogen-bond acceptors (Lipinski definition) is 3. The fraction of sp³-hybridized carbons (Fsp3) is 0.174. The third-order valence-electron chi connectivity index (χ3n) is 4.60. The van der Waals surface area contributed by atoms with E-state index in [1.54, 1.807) is 18.2 Å². The number of alkyl halides is 2. The normalized spacial score (nSPS) is 11.4. The number of rotatable bonds is 7. The van der Waals surface area contributed by atoms with Gasteiger partial charge in [0.2, 0.25) is 0 Å². The maximum Gasteiger partial charge on any atom is 0.341 e. The maximum absolute atomic E-state index is 13.7. The zero-order valence-electron chi connectivity index (χ0n) is 16.3. The van der Waals surface area contributed by atoms with E-state index in [-0.39, 0.29) is 27.1 Å². The minimum Gasteiger partial charge on any atom is -0.507 e. The van der Waals surface area contributed by atoms with Crippen molar-refractivity contribution in [2.45, 2.75) is 19.3 Å². The summed E-state index contributed by atoms with van der Waals surface area (Å²) in [6, 6.07) is 13.6. The Morgan fingerprint density at radius 2 is 1.74 bits per heavy atom. The van der Waals surface area contributed by atoms with Gasteiger partial charge in [0.15, 0.2) is 6.61 Å². The predicted molar refractivity (Wildman–Crippen MR) is 116 cm³/mol. The number of halogens is 4. The lowest BCUT2D eigenvalue weighted by atomic mass is 9.96. The summed E-state index contributed by atoms with van der Waals surface area (Å²) in [7, 11) is 0. The van der Waals surface area contributed by atoms with Gasteiger partial charge in [0.25, 0.3) is 5.92 Å². The third-order valence-corrected chi connectivity index (χ3v) is 5.27. The highest BCUT2D eigenvalue weighted by Gasteiger charge is 2.24. The molecular formula is C23H18Cl2F2O4. The van der Waals surface area contributed by atoms with Crippen LogP contribution in [0.25, 0.3) is 11.1 Å². The Morgan fingerprint density at radius 1 is 1.06 bits per heavy atom. The summed E-state index contributed by atoms with van der Waals surface area (Å²) in [5.41, 5.74) is 2.02. The average Bonchev–Trinajstić information content (AvgIpc) is 2.69.